The number of amides is 2. The van der Waals surface area contributed by atoms with Gasteiger partial charge in [-0.2, -0.15) is 4.31 Å². The highest BCUT2D eigenvalue weighted by Gasteiger charge is 2.28. The molecule has 1 N–H and O–H groups in total. The maximum Gasteiger partial charge on any atom is 0.251 e. The Morgan fingerprint density at radius 2 is 1.79 bits per heavy atom. The van der Waals surface area contributed by atoms with Gasteiger partial charge in [0, 0.05) is 43.9 Å². The molecule has 3 rings (SSSR count). The summed E-state index contributed by atoms with van der Waals surface area (Å²) in [5.41, 5.74) is 2.16. The zero-order chi connectivity index (χ0) is 24.0. The average Bonchev–Trinajstić information content (AvgIpc) is 3.25. The second-order valence-corrected chi connectivity index (χ2v) is 9.70. The van der Waals surface area contributed by atoms with Crippen molar-refractivity contribution in [3.05, 3.63) is 53.6 Å². The Labute approximate surface area is 195 Å². The van der Waals surface area contributed by atoms with Crippen LogP contribution in [0.2, 0.25) is 0 Å². The molecule has 2 aromatic rings. The van der Waals surface area contributed by atoms with Gasteiger partial charge in [0.25, 0.3) is 5.91 Å². The van der Waals surface area contributed by atoms with Gasteiger partial charge in [0.2, 0.25) is 15.9 Å². The zero-order valence-corrected chi connectivity index (χ0v) is 20.2. The Kier molecular flexibility index (Phi) is 8.10. The third-order valence-electron chi connectivity index (χ3n) is 5.80. The molecule has 33 heavy (non-hydrogen) atoms. The predicted molar refractivity (Wildman–Crippen MR) is 127 cm³/mol. The molecule has 1 aliphatic rings. The summed E-state index contributed by atoms with van der Waals surface area (Å²) in [6.07, 6.45) is 1.43. The molecular formula is C24H31N3O5S. The summed E-state index contributed by atoms with van der Waals surface area (Å²) in [6.45, 7) is 5.37. The molecule has 178 valence electrons. The highest BCUT2D eigenvalue weighted by atomic mass is 32.2. The molecule has 0 saturated carbocycles. The van der Waals surface area contributed by atoms with E-state index < -0.39 is 10.0 Å². The molecule has 0 radical (unpaired) electrons. The summed E-state index contributed by atoms with van der Waals surface area (Å²) >= 11 is 0. The number of carbonyl (C=O) groups is 2. The molecule has 0 spiro atoms. The van der Waals surface area contributed by atoms with Gasteiger partial charge >= 0.3 is 0 Å². The molecule has 8 nitrogen and oxygen atoms in total. The molecular weight excluding hydrogens is 442 g/mol. The second-order valence-electron chi connectivity index (χ2n) is 7.76. The van der Waals surface area contributed by atoms with E-state index in [4.69, 9.17) is 4.74 Å². The van der Waals surface area contributed by atoms with E-state index in [0.29, 0.717) is 56.8 Å². The van der Waals surface area contributed by atoms with Crippen molar-refractivity contribution >= 4 is 27.5 Å². The fourth-order valence-electron chi connectivity index (χ4n) is 3.93. The summed E-state index contributed by atoms with van der Waals surface area (Å²) in [7, 11) is -1.96. The summed E-state index contributed by atoms with van der Waals surface area (Å²) < 4.78 is 32.1. The lowest BCUT2D eigenvalue weighted by Crippen LogP contribution is -2.31. The third kappa shape index (κ3) is 5.54. The first-order chi connectivity index (χ1) is 15.8. The monoisotopic (exact) mass is 473 g/mol. The topological polar surface area (TPSA) is 96.0 Å². The Balaban J connectivity index is 1.54. The molecule has 0 unspecified atom stereocenters. The van der Waals surface area contributed by atoms with Crippen molar-refractivity contribution in [3.8, 4) is 5.75 Å². The molecule has 1 heterocycles. The molecule has 0 aromatic heterocycles. The maximum absolute atomic E-state index is 12.8. The van der Waals surface area contributed by atoms with E-state index in [-0.39, 0.29) is 16.7 Å². The molecule has 0 saturated heterocycles. The average molecular weight is 474 g/mol. The first-order valence-corrected chi connectivity index (χ1v) is 12.6. The van der Waals surface area contributed by atoms with Crippen molar-refractivity contribution in [2.24, 2.45) is 0 Å². The standard InChI is InChI=1S/C24H31N3O5S/c1-4-26(5-2)33(30,31)21-12-13-22-19(17-21)14-16-27(22)23(28)7-6-15-25-24(29)18-8-10-20(32-3)11-9-18/h8-13,17H,4-7,14-16H2,1-3H3,(H,25,29). The highest BCUT2D eigenvalue weighted by Crippen LogP contribution is 2.31. The minimum atomic E-state index is -3.53. The van der Waals surface area contributed by atoms with Gasteiger partial charge in [-0.25, -0.2) is 8.42 Å². The fraction of sp³-hybridized carbons (Fsp3) is 0.417. The van der Waals surface area contributed by atoms with E-state index >= 15 is 0 Å². The van der Waals surface area contributed by atoms with Crippen molar-refractivity contribution in [3.63, 3.8) is 0 Å². The molecule has 9 heteroatoms. The fourth-order valence-corrected chi connectivity index (χ4v) is 5.44. The van der Waals surface area contributed by atoms with Crippen LogP contribution in [0.25, 0.3) is 0 Å². The zero-order valence-electron chi connectivity index (χ0n) is 19.3. The summed E-state index contributed by atoms with van der Waals surface area (Å²) in [5, 5.41) is 2.83. The van der Waals surface area contributed by atoms with Crippen LogP contribution in [0.4, 0.5) is 5.69 Å². The highest BCUT2D eigenvalue weighted by molar-refractivity contribution is 7.89. The number of sulfonamides is 1. The predicted octanol–water partition coefficient (Wildman–Crippen LogP) is 2.83. The number of rotatable bonds is 10. The first kappa shape index (κ1) is 24.7. The van der Waals surface area contributed by atoms with Crippen LogP contribution in [0, 0.1) is 0 Å². The Hall–Kier alpha value is -2.91. The van der Waals surface area contributed by atoms with Gasteiger partial charge in [0.1, 0.15) is 5.75 Å². The molecule has 0 bridgehead atoms. The molecule has 2 aromatic carbocycles. The number of carbonyl (C=O) groups excluding carboxylic acids is 2. The van der Waals surface area contributed by atoms with E-state index in [1.54, 1.807) is 54.5 Å². The van der Waals surface area contributed by atoms with Crippen molar-refractivity contribution in [2.75, 3.05) is 38.2 Å². The lowest BCUT2D eigenvalue weighted by molar-refractivity contribution is -0.118. The quantitative estimate of drug-likeness (QED) is 0.536. The van der Waals surface area contributed by atoms with Gasteiger partial charge in [0.05, 0.1) is 12.0 Å². The molecule has 0 aliphatic carbocycles. The molecule has 0 fully saturated rings. The Bertz CT molecular complexity index is 1100. The Morgan fingerprint density at radius 1 is 1.09 bits per heavy atom. The van der Waals surface area contributed by atoms with Crippen molar-refractivity contribution < 1.29 is 22.7 Å². The summed E-state index contributed by atoms with van der Waals surface area (Å²) in [4.78, 5) is 26.9. The van der Waals surface area contributed by atoms with Gasteiger partial charge in [-0.05, 0) is 60.9 Å². The molecule has 2 amide bonds. The van der Waals surface area contributed by atoms with Crippen molar-refractivity contribution in [1.82, 2.24) is 9.62 Å². The van der Waals surface area contributed by atoms with Crippen LogP contribution < -0.4 is 15.0 Å². The Morgan fingerprint density at radius 3 is 2.42 bits per heavy atom. The van der Waals surface area contributed by atoms with Crippen LogP contribution in [0.1, 0.15) is 42.6 Å². The van der Waals surface area contributed by atoms with Crippen molar-refractivity contribution in [2.45, 2.75) is 38.0 Å². The van der Waals surface area contributed by atoms with Crippen molar-refractivity contribution in [1.29, 1.82) is 0 Å². The van der Waals surface area contributed by atoms with E-state index in [1.807, 2.05) is 13.8 Å². The number of nitrogens with one attached hydrogen (secondary N) is 1. The van der Waals surface area contributed by atoms with Crippen LogP contribution in [-0.4, -0.2) is 57.8 Å². The van der Waals surface area contributed by atoms with Gasteiger partial charge < -0.3 is 15.0 Å². The summed E-state index contributed by atoms with van der Waals surface area (Å²) in [5.74, 6) is 0.450. The number of methoxy groups -OCH3 is 1. The smallest absolute Gasteiger partial charge is 0.251 e. The maximum atomic E-state index is 12.8. The van der Waals surface area contributed by atoms with Gasteiger partial charge in [-0.1, -0.05) is 13.8 Å². The van der Waals surface area contributed by atoms with Crippen LogP contribution in [-0.2, 0) is 21.2 Å². The van der Waals surface area contributed by atoms with E-state index in [0.717, 1.165) is 11.3 Å². The summed E-state index contributed by atoms with van der Waals surface area (Å²) in [6, 6.07) is 11.8. The number of fused-ring (bicyclic) bond motifs is 1. The minimum absolute atomic E-state index is 0.0354. The first-order valence-electron chi connectivity index (χ1n) is 11.2. The molecule has 1 aliphatic heterocycles. The minimum Gasteiger partial charge on any atom is -0.497 e. The van der Waals surface area contributed by atoms with E-state index in [9.17, 15) is 18.0 Å². The largest absolute Gasteiger partial charge is 0.497 e. The number of benzene rings is 2. The van der Waals surface area contributed by atoms with Crippen LogP contribution in [0.3, 0.4) is 0 Å². The van der Waals surface area contributed by atoms with Crippen LogP contribution in [0.5, 0.6) is 5.75 Å². The number of nitrogens with zero attached hydrogens (tertiary/aromatic N) is 2. The normalized spacial score (nSPS) is 13.2. The van der Waals surface area contributed by atoms with Crippen LogP contribution >= 0.6 is 0 Å². The van der Waals surface area contributed by atoms with Gasteiger partial charge in [0.15, 0.2) is 0 Å². The lowest BCUT2D eigenvalue weighted by Gasteiger charge is -2.20. The number of hydrogen-bond donors (Lipinski definition) is 1. The van der Waals surface area contributed by atoms with Gasteiger partial charge in [-0.3, -0.25) is 9.59 Å². The van der Waals surface area contributed by atoms with E-state index in [2.05, 4.69) is 5.32 Å². The second kappa shape index (κ2) is 10.8. The third-order valence-corrected chi connectivity index (χ3v) is 7.84. The van der Waals surface area contributed by atoms with Crippen LogP contribution in [0.15, 0.2) is 47.4 Å². The van der Waals surface area contributed by atoms with Gasteiger partial charge in [-0.15, -0.1) is 0 Å². The SMILES string of the molecule is CCN(CC)S(=O)(=O)c1ccc2c(c1)CCN2C(=O)CCCNC(=O)c1ccc(OC)cc1. The van der Waals surface area contributed by atoms with E-state index in [1.165, 1.54) is 4.31 Å². The molecule has 0 atom stereocenters. The number of anilines is 1. The number of hydrogen-bond acceptors (Lipinski definition) is 5. The lowest BCUT2D eigenvalue weighted by atomic mass is 10.2. The number of ether oxygens (including phenoxy) is 1.